The zero-order chi connectivity index (χ0) is 20.5. The summed E-state index contributed by atoms with van der Waals surface area (Å²) in [6.07, 6.45) is 0. The van der Waals surface area contributed by atoms with Gasteiger partial charge in [0.25, 0.3) is 0 Å². The van der Waals surface area contributed by atoms with Crippen LogP contribution in [0.1, 0.15) is 43.0 Å². The predicted octanol–water partition coefficient (Wildman–Crippen LogP) is 4.13. The van der Waals surface area contributed by atoms with E-state index in [0.717, 1.165) is 10.7 Å². The summed E-state index contributed by atoms with van der Waals surface area (Å²) in [7, 11) is 1.64. The highest BCUT2D eigenvalue weighted by molar-refractivity contribution is 7.09. The Morgan fingerprint density at radius 2 is 2.00 bits per heavy atom. The van der Waals surface area contributed by atoms with Gasteiger partial charge in [0.05, 0.1) is 23.9 Å². The minimum Gasteiger partial charge on any atom is -0.490 e. The fraction of sp³-hybridized carbons (Fsp3) is 0.474. The number of nitrogens with zero attached hydrogens (tertiary/aromatic N) is 2. The van der Waals surface area contributed by atoms with E-state index in [1.165, 1.54) is 0 Å². The summed E-state index contributed by atoms with van der Waals surface area (Å²) in [6.45, 7) is 4.17. The molecule has 0 spiro atoms. The Hall–Kier alpha value is -2.42. The molecule has 0 unspecified atom stereocenters. The lowest BCUT2D eigenvalue weighted by molar-refractivity contribution is -0.0520. The van der Waals surface area contributed by atoms with Crippen LogP contribution >= 0.6 is 11.3 Å². The first kappa shape index (κ1) is 21.9. The van der Waals surface area contributed by atoms with Crippen LogP contribution in [0.2, 0.25) is 0 Å². The first-order valence-corrected chi connectivity index (χ1v) is 9.90. The van der Waals surface area contributed by atoms with E-state index in [4.69, 9.17) is 4.74 Å². The molecule has 28 heavy (non-hydrogen) atoms. The molecule has 0 aliphatic carbocycles. The van der Waals surface area contributed by atoms with Crippen molar-refractivity contribution in [2.75, 3.05) is 13.7 Å². The number of para-hydroxylation sites is 1. The number of thiazole rings is 1. The minimum absolute atomic E-state index is 0.0309. The van der Waals surface area contributed by atoms with Crippen molar-refractivity contribution < 1.29 is 18.3 Å². The van der Waals surface area contributed by atoms with Crippen LogP contribution in [0.15, 0.2) is 28.6 Å². The lowest BCUT2D eigenvalue weighted by Crippen LogP contribution is -2.36. The number of aromatic nitrogens is 1. The highest BCUT2D eigenvalue weighted by Crippen LogP contribution is 2.32. The van der Waals surface area contributed by atoms with Crippen molar-refractivity contribution in [1.82, 2.24) is 15.6 Å². The van der Waals surface area contributed by atoms with E-state index in [0.29, 0.717) is 30.6 Å². The third kappa shape index (κ3) is 6.33. The van der Waals surface area contributed by atoms with E-state index in [1.807, 2.05) is 5.38 Å². The second kappa shape index (κ2) is 10.8. The van der Waals surface area contributed by atoms with E-state index >= 15 is 0 Å². The molecule has 0 saturated heterocycles. The fourth-order valence-corrected chi connectivity index (χ4v) is 3.27. The lowest BCUT2D eigenvalue weighted by Gasteiger charge is -2.17. The molecule has 0 aliphatic heterocycles. The van der Waals surface area contributed by atoms with Crippen molar-refractivity contribution in [1.29, 1.82) is 0 Å². The highest BCUT2D eigenvalue weighted by atomic mass is 32.1. The Balaban J connectivity index is 2.01. The molecule has 6 nitrogen and oxygen atoms in total. The fourth-order valence-electron chi connectivity index (χ4n) is 2.44. The zero-order valence-electron chi connectivity index (χ0n) is 16.5. The van der Waals surface area contributed by atoms with E-state index in [1.54, 1.807) is 43.5 Å². The van der Waals surface area contributed by atoms with Crippen molar-refractivity contribution in [3.05, 3.63) is 39.8 Å². The first-order chi connectivity index (χ1) is 13.4. The molecule has 2 rings (SSSR count). The van der Waals surface area contributed by atoms with Crippen LogP contribution in [0.25, 0.3) is 0 Å². The maximum absolute atomic E-state index is 12.8. The Kier molecular flexibility index (Phi) is 8.43. The number of aliphatic imine (C=N–C) groups is 1. The standard InChI is InChI=1S/C19H26F2N4O2S/c1-5-26-15-8-6-7-13(16(15)27-18(20)21)9-23-19(22-4)24-10-14-11-28-17(25-14)12(2)3/h6-8,11-12,18H,5,9-10H2,1-4H3,(H2,22,23,24). The van der Waals surface area contributed by atoms with E-state index in [-0.39, 0.29) is 18.0 Å². The molecule has 0 amide bonds. The summed E-state index contributed by atoms with van der Waals surface area (Å²) < 4.78 is 35.7. The topological polar surface area (TPSA) is 67.8 Å². The van der Waals surface area contributed by atoms with Crippen LogP contribution in [0.3, 0.4) is 0 Å². The van der Waals surface area contributed by atoms with Gasteiger partial charge in [0.1, 0.15) is 0 Å². The second-order valence-electron chi connectivity index (χ2n) is 6.17. The summed E-state index contributed by atoms with van der Waals surface area (Å²) in [4.78, 5) is 8.73. The van der Waals surface area contributed by atoms with Gasteiger partial charge in [-0.05, 0) is 13.0 Å². The summed E-state index contributed by atoms with van der Waals surface area (Å²) in [5.41, 5.74) is 1.47. The SMILES string of the molecule is CCOc1cccc(CNC(=NC)NCc2csc(C(C)C)n2)c1OC(F)F. The molecule has 1 aromatic heterocycles. The van der Waals surface area contributed by atoms with Gasteiger partial charge in [-0.3, -0.25) is 4.99 Å². The van der Waals surface area contributed by atoms with Gasteiger partial charge >= 0.3 is 6.61 Å². The molecule has 0 radical (unpaired) electrons. The maximum atomic E-state index is 12.8. The third-order valence-electron chi connectivity index (χ3n) is 3.74. The molecular formula is C19H26F2N4O2S. The molecule has 0 bridgehead atoms. The van der Waals surface area contributed by atoms with Crippen LogP contribution in [-0.2, 0) is 13.1 Å². The van der Waals surface area contributed by atoms with Crippen molar-refractivity contribution in [3.8, 4) is 11.5 Å². The van der Waals surface area contributed by atoms with Gasteiger partial charge in [-0.2, -0.15) is 8.78 Å². The van der Waals surface area contributed by atoms with Crippen LogP contribution in [0.5, 0.6) is 11.5 Å². The van der Waals surface area contributed by atoms with Gasteiger partial charge in [-0.1, -0.05) is 26.0 Å². The Morgan fingerprint density at radius 3 is 2.61 bits per heavy atom. The maximum Gasteiger partial charge on any atom is 0.387 e. The quantitative estimate of drug-likeness (QED) is 0.479. The van der Waals surface area contributed by atoms with E-state index in [9.17, 15) is 8.78 Å². The van der Waals surface area contributed by atoms with E-state index < -0.39 is 6.61 Å². The molecular weight excluding hydrogens is 386 g/mol. The monoisotopic (exact) mass is 412 g/mol. The third-order valence-corrected chi connectivity index (χ3v) is 4.93. The number of guanidine groups is 1. The average molecular weight is 413 g/mol. The van der Waals surface area contributed by atoms with Gasteiger partial charge in [-0.15, -0.1) is 11.3 Å². The molecule has 2 aromatic rings. The number of nitrogens with one attached hydrogen (secondary N) is 2. The summed E-state index contributed by atoms with van der Waals surface area (Å²) in [5, 5.41) is 9.37. The molecule has 1 aromatic carbocycles. The van der Waals surface area contributed by atoms with E-state index in [2.05, 4.69) is 39.2 Å². The van der Waals surface area contributed by atoms with Crippen LogP contribution in [0, 0.1) is 0 Å². The van der Waals surface area contributed by atoms with Crippen LogP contribution in [-0.4, -0.2) is 31.2 Å². The number of rotatable bonds is 9. The highest BCUT2D eigenvalue weighted by Gasteiger charge is 2.16. The molecule has 0 aliphatic rings. The summed E-state index contributed by atoms with van der Waals surface area (Å²) >= 11 is 1.63. The van der Waals surface area contributed by atoms with Gasteiger partial charge in [0.2, 0.25) is 0 Å². The molecule has 154 valence electrons. The number of alkyl halides is 2. The number of ether oxygens (including phenoxy) is 2. The average Bonchev–Trinajstić information content (AvgIpc) is 3.13. The van der Waals surface area contributed by atoms with Gasteiger partial charge in [0.15, 0.2) is 17.5 Å². The summed E-state index contributed by atoms with van der Waals surface area (Å²) in [5.74, 6) is 1.24. The van der Waals surface area contributed by atoms with Crippen molar-refractivity contribution >= 4 is 17.3 Å². The largest absolute Gasteiger partial charge is 0.490 e. The Morgan fingerprint density at radius 1 is 1.25 bits per heavy atom. The minimum atomic E-state index is -2.93. The molecule has 0 fully saturated rings. The Labute approximate surface area is 168 Å². The normalized spacial score (nSPS) is 11.8. The Bertz CT molecular complexity index is 781. The molecule has 0 atom stereocenters. The smallest absolute Gasteiger partial charge is 0.387 e. The lowest BCUT2D eigenvalue weighted by atomic mass is 10.2. The molecule has 2 N–H and O–H groups in total. The van der Waals surface area contributed by atoms with Crippen LogP contribution in [0.4, 0.5) is 8.78 Å². The van der Waals surface area contributed by atoms with Gasteiger partial charge in [-0.25, -0.2) is 4.98 Å². The van der Waals surface area contributed by atoms with Crippen LogP contribution < -0.4 is 20.1 Å². The number of hydrogen-bond donors (Lipinski definition) is 2. The van der Waals surface area contributed by atoms with Gasteiger partial charge in [0, 0.05) is 30.5 Å². The van der Waals surface area contributed by atoms with Crippen molar-refractivity contribution in [3.63, 3.8) is 0 Å². The zero-order valence-corrected chi connectivity index (χ0v) is 17.3. The van der Waals surface area contributed by atoms with Crippen molar-refractivity contribution in [2.45, 2.75) is 46.4 Å². The molecule has 0 saturated carbocycles. The predicted molar refractivity (Wildman–Crippen MR) is 107 cm³/mol. The van der Waals surface area contributed by atoms with Gasteiger partial charge < -0.3 is 20.1 Å². The second-order valence-corrected chi connectivity index (χ2v) is 7.06. The molecule has 9 heteroatoms. The number of hydrogen-bond acceptors (Lipinski definition) is 5. The summed E-state index contributed by atoms with van der Waals surface area (Å²) in [6, 6.07) is 5.04. The number of benzene rings is 1. The first-order valence-electron chi connectivity index (χ1n) is 9.02. The number of halogens is 2. The van der Waals surface area contributed by atoms with Crippen molar-refractivity contribution in [2.24, 2.45) is 4.99 Å². The molecule has 1 heterocycles.